The fourth-order valence-corrected chi connectivity index (χ4v) is 3.54. The van der Waals surface area contributed by atoms with Gasteiger partial charge in [-0.2, -0.15) is 5.10 Å². The smallest absolute Gasteiger partial charge is 0.291 e. The Kier molecular flexibility index (Phi) is 5.79. The van der Waals surface area contributed by atoms with Gasteiger partial charge in [0.25, 0.3) is 11.8 Å². The highest BCUT2D eigenvalue weighted by atomic mass is 16.5. The van der Waals surface area contributed by atoms with E-state index in [1.54, 1.807) is 49.7 Å². The predicted octanol–water partition coefficient (Wildman–Crippen LogP) is 3.71. The standard InChI is InChI=1S/C23H22N4O4/c1-14-20-18(26-27-22(28)15-5-4-12-24-13-15)6-3-7-19(20)31-21(14)23(29)25-16-8-10-17(30-2)11-9-16/h4-5,8-13H,3,6-7H2,1-2H3,(H,25,29)(H,27,28)/b26-18+. The summed E-state index contributed by atoms with van der Waals surface area (Å²) in [5, 5.41) is 7.16. The molecule has 158 valence electrons. The van der Waals surface area contributed by atoms with Crippen LogP contribution in [0, 0.1) is 6.92 Å². The number of hydrogen-bond acceptors (Lipinski definition) is 6. The number of furan rings is 1. The highest BCUT2D eigenvalue weighted by molar-refractivity contribution is 6.09. The van der Waals surface area contributed by atoms with E-state index in [9.17, 15) is 9.59 Å². The summed E-state index contributed by atoms with van der Waals surface area (Å²) in [4.78, 5) is 29.0. The molecule has 0 spiro atoms. The van der Waals surface area contributed by atoms with Gasteiger partial charge >= 0.3 is 0 Å². The molecule has 0 radical (unpaired) electrons. The molecule has 1 aliphatic carbocycles. The monoisotopic (exact) mass is 418 g/mol. The minimum Gasteiger partial charge on any atom is -0.497 e. The first-order valence-corrected chi connectivity index (χ1v) is 9.91. The average molecular weight is 418 g/mol. The molecular weight excluding hydrogens is 396 g/mol. The molecule has 1 aromatic carbocycles. The molecular formula is C23H22N4O4. The highest BCUT2D eigenvalue weighted by Crippen LogP contribution is 2.30. The van der Waals surface area contributed by atoms with E-state index < -0.39 is 0 Å². The Morgan fingerprint density at radius 2 is 1.94 bits per heavy atom. The molecule has 0 aliphatic heterocycles. The Morgan fingerprint density at radius 3 is 2.65 bits per heavy atom. The molecule has 2 heterocycles. The van der Waals surface area contributed by atoms with E-state index in [0.29, 0.717) is 46.9 Å². The third-order valence-electron chi connectivity index (χ3n) is 5.10. The maximum Gasteiger partial charge on any atom is 0.291 e. The minimum atomic E-state index is -0.341. The van der Waals surface area contributed by atoms with Crippen molar-refractivity contribution in [2.24, 2.45) is 5.10 Å². The second kappa shape index (κ2) is 8.83. The van der Waals surface area contributed by atoms with Crippen molar-refractivity contribution in [2.75, 3.05) is 12.4 Å². The molecule has 0 fully saturated rings. The number of aryl methyl sites for hydroxylation is 1. The fourth-order valence-electron chi connectivity index (χ4n) is 3.54. The lowest BCUT2D eigenvalue weighted by atomic mass is 9.93. The van der Waals surface area contributed by atoms with E-state index in [0.717, 1.165) is 12.0 Å². The van der Waals surface area contributed by atoms with Crippen molar-refractivity contribution in [3.05, 3.63) is 77.0 Å². The van der Waals surface area contributed by atoms with Crippen molar-refractivity contribution in [3.8, 4) is 5.75 Å². The molecule has 1 aliphatic rings. The van der Waals surface area contributed by atoms with Gasteiger partial charge in [0.2, 0.25) is 0 Å². The van der Waals surface area contributed by atoms with E-state index in [4.69, 9.17) is 9.15 Å². The molecule has 31 heavy (non-hydrogen) atoms. The Bertz CT molecular complexity index is 1130. The van der Waals surface area contributed by atoms with Crippen molar-refractivity contribution >= 4 is 23.2 Å². The summed E-state index contributed by atoms with van der Waals surface area (Å²) in [6.45, 7) is 1.83. The number of nitrogens with zero attached hydrogens (tertiary/aromatic N) is 2. The van der Waals surface area contributed by atoms with Gasteiger partial charge in [-0.05, 0) is 56.2 Å². The van der Waals surface area contributed by atoms with Gasteiger partial charge in [-0.3, -0.25) is 14.6 Å². The van der Waals surface area contributed by atoms with Crippen LogP contribution >= 0.6 is 0 Å². The first-order valence-electron chi connectivity index (χ1n) is 9.91. The van der Waals surface area contributed by atoms with Gasteiger partial charge in [0.15, 0.2) is 5.76 Å². The van der Waals surface area contributed by atoms with Crippen LogP contribution in [0.3, 0.4) is 0 Å². The van der Waals surface area contributed by atoms with Gasteiger partial charge in [-0.25, -0.2) is 5.43 Å². The Morgan fingerprint density at radius 1 is 1.13 bits per heavy atom. The number of hydrazone groups is 1. The Labute approximate surface area is 179 Å². The number of rotatable bonds is 5. The summed E-state index contributed by atoms with van der Waals surface area (Å²) >= 11 is 0. The Balaban J connectivity index is 1.54. The van der Waals surface area contributed by atoms with Crippen LogP contribution in [-0.2, 0) is 6.42 Å². The SMILES string of the molecule is COc1ccc(NC(=O)c2oc3c(c2C)/C(=N/NC(=O)c2cccnc2)CCC3)cc1. The largest absolute Gasteiger partial charge is 0.497 e. The van der Waals surface area contributed by atoms with Crippen molar-refractivity contribution < 1.29 is 18.7 Å². The summed E-state index contributed by atoms with van der Waals surface area (Å²) in [7, 11) is 1.59. The number of fused-ring (bicyclic) bond motifs is 1. The van der Waals surface area contributed by atoms with Crippen LogP contribution in [0.2, 0.25) is 0 Å². The summed E-state index contributed by atoms with van der Waals surface area (Å²) in [6.07, 6.45) is 5.29. The minimum absolute atomic E-state index is 0.244. The third kappa shape index (κ3) is 4.32. The lowest BCUT2D eigenvalue weighted by molar-refractivity contribution is 0.0953. The lowest BCUT2D eigenvalue weighted by Crippen LogP contribution is -2.22. The van der Waals surface area contributed by atoms with Gasteiger partial charge in [0, 0.05) is 35.6 Å². The van der Waals surface area contributed by atoms with E-state index >= 15 is 0 Å². The summed E-state index contributed by atoms with van der Waals surface area (Å²) in [5.74, 6) is 0.978. The van der Waals surface area contributed by atoms with E-state index in [2.05, 4.69) is 20.8 Å². The molecule has 0 saturated heterocycles. The molecule has 2 N–H and O–H groups in total. The van der Waals surface area contributed by atoms with Gasteiger partial charge in [-0.15, -0.1) is 0 Å². The zero-order valence-electron chi connectivity index (χ0n) is 17.3. The second-order valence-electron chi connectivity index (χ2n) is 7.13. The quantitative estimate of drug-likeness (QED) is 0.615. The highest BCUT2D eigenvalue weighted by Gasteiger charge is 2.28. The molecule has 2 aromatic heterocycles. The first kappa shape index (κ1) is 20.3. The van der Waals surface area contributed by atoms with Gasteiger partial charge in [0.05, 0.1) is 18.4 Å². The van der Waals surface area contributed by atoms with Gasteiger partial charge in [0.1, 0.15) is 11.5 Å². The number of aromatic nitrogens is 1. The third-order valence-corrected chi connectivity index (χ3v) is 5.10. The molecule has 0 saturated carbocycles. The lowest BCUT2D eigenvalue weighted by Gasteiger charge is -2.13. The van der Waals surface area contributed by atoms with Gasteiger partial charge in [-0.1, -0.05) is 0 Å². The van der Waals surface area contributed by atoms with Crippen LogP contribution in [-0.4, -0.2) is 29.6 Å². The topological polar surface area (TPSA) is 106 Å². The molecule has 0 atom stereocenters. The van der Waals surface area contributed by atoms with Crippen molar-refractivity contribution in [3.63, 3.8) is 0 Å². The molecule has 3 aromatic rings. The maximum atomic E-state index is 12.8. The number of anilines is 1. The number of benzene rings is 1. The summed E-state index contributed by atoms with van der Waals surface area (Å²) in [5.41, 5.74) is 5.83. The maximum absolute atomic E-state index is 12.8. The van der Waals surface area contributed by atoms with Crippen molar-refractivity contribution in [2.45, 2.75) is 26.2 Å². The number of nitrogens with one attached hydrogen (secondary N) is 2. The van der Waals surface area contributed by atoms with Gasteiger partial charge < -0.3 is 14.5 Å². The number of hydrogen-bond donors (Lipinski definition) is 2. The zero-order chi connectivity index (χ0) is 21.8. The molecule has 8 nitrogen and oxygen atoms in total. The van der Waals surface area contributed by atoms with Crippen LogP contribution in [0.25, 0.3) is 0 Å². The molecule has 0 unspecified atom stereocenters. The molecule has 0 bridgehead atoms. The number of carbonyl (C=O) groups is 2. The first-order chi connectivity index (χ1) is 15.1. The van der Waals surface area contributed by atoms with Crippen LogP contribution in [0.4, 0.5) is 5.69 Å². The number of pyridine rings is 1. The normalized spacial score (nSPS) is 14.1. The van der Waals surface area contributed by atoms with Crippen LogP contribution in [0.1, 0.15) is 50.6 Å². The number of methoxy groups -OCH3 is 1. The number of carbonyl (C=O) groups excluding carboxylic acids is 2. The predicted molar refractivity (Wildman–Crippen MR) is 116 cm³/mol. The summed E-state index contributed by atoms with van der Waals surface area (Å²) < 4.78 is 11.0. The number of ether oxygens (including phenoxy) is 1. The average Bonchev–Trinajstić information content (AvgIpc) is 3.16. The Hall–Kier alpha value is -3.94. The van der Waals surface area contributed by atoms with E-state index in [-0.39, 0.29) is 17.6 Å². The zero-order valence-corrected chi connectivity index (χ0v) is 17.3. The molecule has 4 rings (SSSR count). The van der Waals surface area contributed by atoms with E-state index in [1.807, 2.05) is 6.92 Å². The number of amides is 2. The molecule has 8 heteroatoms. The van der Waals surface area contributed by atoms with Crippen LogP contribution < -0.4 is 15.5 Å². The second-order valence-corrected chi connectivity index (χ2v) is 7.13. The molecule has 2 amide bonds. The van der Waals surface area contributed by atoms with Crippen LogP contribution in [0.15, 0.2) is 58.3 Å². The van der Waals surface area contributed by atoms with Crippen molar-refractivity contribution in [1.82, 2.24) is 10.4 Å². The fraction of sp³-hybridized carbons (Fsp3) is 0.217. The van der Waals surface area contributed by atoms with Crippen molar-refractivity contribution in [1.29, 1.82) is 0 Å². The van der Waals surface area contributed by atoms with Crippen LogP contribution in [0.5, 0.6) is 5.75 Å². The van der Waals surface area contributed by atoms with E-state index in [1.165, 1.54) is 6.20 Å². The summed E-state index contributed by atoms with van der Waals surface area (Å²) in [6, 6.07) is 10.4.